The Kier molecular flexibility index (Phi) is 3.01. The van der Waals surface area contributed by atoms with Crippen molar-refractivity contribution in [2.45, 2.75) is 0 Å². The Balaban J connectivity index is 2.25. The lowest BCUT2D eigenvalue weighted by Crippen LogP contribution is -1.88. The number of nitrogens with zero attached hydrogens (tertiary/aromatic N) is 3. The maximum atomic E-state index is 10.7. The number of benzene rings is 1. The Morgan fingerprint density at radius 2 is 2.00 bits per heavy atom. The first-order valence-corrected chi connectivity index (χ1v) is 6.05. The first-order chi connectivity index (χ1) is 9.75. The Morgan fingerprint density at radius 1 is 1.20 bits per heavy atom. The maximum Gasteiger partial charge on any atom is 0.328 e. The van der Waals surface area contributed by atoms with Crippen LogP contribution in [0.3, 0.4) is 0 Å². The standard InChI is InChI=1S/C15H11N3O2/c19-13(20)8-7-12-14(11-5-2-1-3-6-11)17-18-10-4-9-16-15(12)18/h1-10H,(H,19,20)/b8-7+. The fourth-order valence-electron chi connectivity index (χ4n) is 2.02. The molecule has 0 spiro atoms. The van der Waals surface area contributed by atoms with Crippen molar-refractivity contribution in [1.82, 2.24) is 14.6 Å². The van der Waals surface area contributed by atoms with Gasteiger partial charge in [-0.15, -0.1) is 0 Å². The SMILES string of the molecule is O=C(O)/C=C/c1c(-c2ccccc2)nn2cccnc12. The molecule has 1 N–H and O–H groups in total. The van der Waals surface area contributed by atoms with Crippen molar-refractivity contribution in [2.24, 2.45) is 0 Å². The van der Waals surface area contributed by atoms with Crippen LogP contribution < -0.4 is 0 Å². The second kappa shape index (κ2) is 4.97. The number of hydrogen-bond donors (Lipinski definition) is 1. The van der Waals surface area contributed by atoms with Gasteiger partial charge in [0.05, 0.1) is 0 Å². The van der Waals surface area contributed by atoms with Gasteiger partial charge in [-0.3, -0.25) is 0 Å². The van der Waals surface area contributed by atoms with Gasteiger partial charge in [-0.25, -0.2) is 14.3 Å². The highest BCUT2D eigenvalue weighted by atomic mass is 16.4. The van der Waals surface area contributed by atoms with Crippen molar-refractivity contribution >= 4 is 17.7 Å². The van der Waals surface area contributed by atoms with Crippen LogP contribution in [0.15, 0.2) is 54.9 Å². The first-order valence-electron chi connectivity index (χ1n) is 6.05. The molecule has 0 bridgehead atoms. The summed E-state index contributed by atoms with van der Waals surface area (Å²) >= 11 is 0. The Hall–Kier alpha value is -2.95. The van der Waals surface area contributed by atoms with Crippen LogP contribution in [-0.2, 0) is 4.79 Å². The fraction of sp³-hybridized carbons (Fsp3) is 0. The third-order valence-corrected chi connectivity index (χ3v) is 2.87. The van der Waals surface area contributed by atoms with E-state index in [1.165, 1.54) is 6.08 Å². The molecule has 0 unspecified atom stereocenters. The summed E-state index contributed by atoms with van der Waals surface area (Å²) < 4.78 is 1.64. The molecule has 2 heterocycles. The van der Waals surface area contributed by atoms with E-state index in [-0.39, 0.29) is 0 Å². The van der Waals surface area contributed by atoms with Gasteiger partial charge in [0.1, 0.15) is 5.69 Å². The summed E-state index contributed by atoms with van der Waals surface area (Å²) in [7, 11) is 0. The van der Waals surface area contributed by atoms with Gasteiger partial charge in [0.2, 0.25) is 0 Å². The van der Waals surface area contributed by atoms with Crippen LogP contribution in [0.2, 0.25) is 0 Å². The van der Waals surface area contributed by atoms with E-state index < -0.39 is 5.97 Å². The minimum Gasteiger partial charge on any atom is -0.478 e. The smallest absolute Gasteiger partial charge is 0.328 e. The molecule has 0 saturated heterocycles. The summed E-state index contributed by atoms with van der Waals surface area (Å²) in [5, 5.41) is 13.3. The van der Waals surface area contributed by atoms with Crippen molar-refractivity contribution < 1.29 is 9.90 Å². The van der Waals surface area contributed by atoms with E-state index in [0.717, 1.165) is 11.6 Å². The van der Waals surface area contributed by atoms with Gasteiger partial charge < -0.3 is 5.11 Å². The average Bonchev–Trinajstić information content (AvgIpc) is 2.84. The largest absolute Gasteiger partial charge is 0.478 e. The van der Waals surface area contributed by atoms with Crippen LogP contribution in [0.5, 0.6) is 0 Å². The molecule has 0 saturated carbocycles. The van der Waals surface area contributed by atoms with Crippen molar-refractivity contribution in [2.75, 3.05) is 0 Å². The Labute approximate surface area is 114 Å². The summed E-state index contributed by atoms with van der Waals surface area (Å²) in [6.45, 7) is 0. The quantitative estimate of drug-likeness (QED) is 0.739. The molecule has 1 aromatic carbocycles. The van der Waals surface area contributed by atoms with Gasteiger partial charge in [-0.05, 0) is 12.1 Å². The fourth-order valence-corrected chi connectivity index (χ4v) is 2.02. The highest BCUT2D eigenvalue weighted by Gasteiger charge is 2.13. The lowest BCUT2D eigenvalue weighted by Gasteiger charge is -1.97. The Morgan fingerprint density at radius 3 is 2.75 bits per heavy atom. The van der Waals surface area contributed by atoms with E-state index in [9.17, 15) is 4.79 Å². The maximum absolute atomic E-state index is 10.7. The number of carboxylic acids is 1. The van der Waals surface area contributed by atoms with Gasteiger partial charge in [0.25, 0.3) is 0 Å². The van der Waals surface area contributed by atoms with Crippen molar-refractivity contribution in [3.8, 4) is 11.3 Å². The molecule has 98 valence electrons. The molecule has 0 fully saturated rings. The number of carboxylic acid groups (broad SMARTS) is 1. The zero-order valence-corrected chi connectivity index (χ0v) is 10.5. The lowest BCUT2D eigenvalue weighted by atomic mass is 10.1. The van der Waals surface area contributed by atoms with Crippen LogP contribution in [-0.4, -0.2) is 25.7 Å². The van der Waals surface area contributed by atoms with E-state index in [0.29, 0.717) is 16.9 Å². The molecule has 2 aromatic heterocycles. The van der Waals surface area contributed by atoms with Gasteiger partial charge in [0.15, 0.2) is 5.65 Å². The summed E-state index contributed by atoms with van der Waals surface area (Å²) in [4.78, 5) is 15.0. The van der Waals surface area contributed by atoms with Crippen LogP contribution in [0.1, 0.15) is 5.56 Å². The van der Waals surface area contributed by atoms with E-state index in [2.05, 4.69) is 10.1 Å². The van der Waals surface area contributed by atoms with Crippen molar-refractivity contribution in [3.63, 3.8) is 0 Å². The first kappa shape index (κ1) is 12.1. The minimum atomic E-state index is -1.00. The highest BCUT2D eigenvalue weighted by molar-refractivity contribution is 5.90. The number of fused-ring (bicyclic) bond motifs is 1. The predicted octanol–water partition coefficient (Wildman–Crippen LogP) is 2.49. The molecular weight excluding hydrogens is 254 g/mol. The average molecular weight is 265 g/mol. The molecular formula is C15H11N3O2. The molecule has 3 rings (SSSR count). The lowest BCUT2D eigenvalue weighted by molar-refractivity contribution is -0.131. The molecule has 0 aliphatic rings. The molecule has 0 amide bonds. The van der Waals surface area contributed by atoms with Crippen LogP contribution in [0.25, 0.3) is 23.0 Å². The molecule has 20 heavy (non-hydrogen) atoms. The number of hydrogen-bond acceptors (Lipinski definition) is 3. The zero-order chi connectivity index (χ0) is 13.9. The summed E-state index contributed by atoms with van der Waals surface area (Å²) in [6, 6.07) is 11.4. The molecule has 5 nitrogen and oxygen atoms in total. The topological polar surface area (TPSA) is 67.5 Å². The van der Waals surface area contributed by atoms with Gasteiger partial charge in [0, 0.05) is 29.6 Å². The second-order valence-corrected chi connectivity index (χ2v) is 4.19. The normalized spacial score (nSPS) is 11.2. The van der Waals surface area contributed by atoms with Gasteiger partial charge in [-0.2, -0.15) is 5.10 Å². The van der Waals surface area contributed by atoms with E-state index in [1.807, 2.05) is 30.3 Å². The monoisotopic (exact) mass is 265 g/mol. The number of aromatic nitrogens is 3. The van der Waals surface area contributed by atoms with E-state index in [4.69, 9.17) is 5.11 Å². The van der Waals surface area contributed by atoms with E-state index >= 15 is 0 Å². The van der Waals surface area contributed by atoms with Crippen molar-refractivity contribution in [1.29, 1.82) is 0 Å². The minimum absolute atomic E-state index is 0.629. The molecule has 0 aliphatic carbocycles. The van der Waals surface area contributed by atoms with Gasteiger partial charge >= 0.3 is 5.97 Å². The van der Waals surface area contributed by atoms with Crippen LogP contribution >= 0.6 is 0 Å². The van der Waals surface area contributed by atoms with Crippen molar-refractivity contribution in [3.05, 3.63) is 60.4 Å². The van der Waals surface area contributed by atoms with Crippen LogP contribution in [0, 0.1) is 0 Å². The number of carbonyl (C=O) groups is 1. The molecule has 0 radical (unpaired) electrons. The zero-order valence-electron chi connectivity index (χ0n) is 10.5. The third kappa shape index (κ3) is 2.16. The van der Waals surface area contributed by atoms with Crippen LogP contribution in [0.4, 0.5) is 0 Å². The number of aliphatic carboxylic acids is 1. The molecule has 5 heteroatoms. The van der Waals surface area contributed by atoms with Gasteiger partial charge in [-0.1, -0.05) is 30.3 Å². The molecule has 3 aromatic rings. The highest BCUT2D eigenvalue weighted by Crippen LogP contribution is 2.26. The summed E-state index contributed by atoms with van der Waals surface area (Å²) in [5.41, 5.74) is 2.95. The summed E-state index contributed by atoms with van der Waals surface area (Å²) in [5.74, 6) is -1.00. The second-order valence-electron chi connectivity index (χ2n) is 4.19. The summed E-state index contributed by atoms with van der Waals surface area (Å²) in [6.07, 6.45) is 6.06. The predicted molar refractivity (Wildman–Crippen MR) is 75.1 cm³/mol. The molecule has 0 aliphatic heterocycles. The Bertz CT molecular complexity index is 791. The molecule has 0 atom stereocenters. The third-order valence-electron chi connectivity index (χ3n) is 2.87. The number of rotatable bonds is 3. The van der Waals surface area contributed by atoms with E-state index in [1.54, 1.807) is 23.0 Å².